The first kappa shape index (κ1) is 17.0. The Hall–Kier alpha value is -2.85. The minimum Gasteiger partial charge on any atom is -0.485 e. The van der Waals surface area contributed by atoms with Crippen molar-refractivity contribution in [2.24, 2.45) is 0 Å². The van der Waals surface area contributed by atoms with Crippen molar-refractivity contribution in [1.82, 2.24) is 15.0 Å². The third-order valence-corrected chi connectivity index (χ3v) is 3.57. The molecule has 1 unspecified atom stereocenters. The van der Waals surface area contributed by atoms with Crippen LogP contribution in [-0.2, 0) is 6.18 Å². The minimum absolute atomic E-state index is 0.0114. The normalized spacial score (nSPS) is 17.8. The molecule has 2 heterocycles. The van der Waals surface area contributed by atoms with Gasteiger partial charge in [-0.15, -0.1) is 0 Å². The summed E-state index contributed by atoms with van der Waals surface area (Å²) in [5, 5.41) is 12.0. The highest BCUT2D eigenvalue weighted by Crippen LogP contribution is 2.31. The minimum atomic E-state index is -4.79. The number of carboxylic acid groups (broad SMARTS) is 1. The number of hydrogen-bond donors (Lipinski definition) is 1. The maximum absolute atomic E-state index is 14.1. The number of nitrogens with zero attached hydrogens (tertiary/aromatic N) is 3. The summed E-state index contributed by atoms with van der Waals surface area (Å²) in [6.45, 7) is 0.388. The van der Waals surface area contributed by atoms with Crippen molar-refractivity contribution in [3.8, 4) is 17.1 Å². The monoisotopic (exact) mass is 361 g/mol. The quantitative estimate of drug-likeness (QED) is 0.846. The van der Waals surface area contributed by atoms with Crippen LogP contribution in [-0.4, -0.2) is 45.4 Å². The number of alkyl halides is 3. The molecule has 7 nitrogen and oxygen atoms in total. The molecule has 1 saturated heterocycles. The fourth-order valence-corrected chi connectivity index (χ4v) is 2.37. The van der Waals surface area contributed by atoms with Crippen molar-refractivity contribution >= 4 is 6.09 Å². The largest absolute Gasteiger partial charge is 0.485 e. The van der Waals surface area contributed by atoms with Gasteiger partial charge in [-0.1, -0.05) is 5.16 Å². The second-order valence-electron chi connectivity index (χ2n) is 5.32. The lowest BCUT2D eigenvalue weighted by molar-refractivity contribution is -0.159. The Labute approximate surface area is 137 Å². The van der Waals surface area contributed by atoms with Crippen molar-refractivity contribution in [3.63, 3.8) is 0 Å². The van der Waals surface area contributed by atoms with Crippen molar-refractivity contribution < 1.29 is 36.7 Å². The molecule has 0 radical (unpaired) electrons. The lowest BCUT2D eigenvalue weighted by Gasteiger charge is -2.15. The van der Waals surface area contributed by atoms with Crippen molar-refractivity contribution in [2.45, 2.75) is 18.7 Å². The van der Waals surface area contributed by atoms with E-state index in [1.807, 2.05) is 0 Å². The summed E-state index contributed by atoms with van der Waals surface area (Å²) in [7, 11) is 0. The lowest BCUT2D eigenvalue weighted by Crippen LogP contribution is -2.29. The predicted molar refractivity (Wildman–Crippen MR) is 73.3 cm³/mol. The predicted octanol–water partition coefficient (Wildman–Crippen LogP) is 3.03. The zero-order valence-corrected chi connectivity index (χ0v) is 12.5. The SMILES string of the molecule is O=C(O)N1CCC(Oc2ccc(-c3noc(C(F)(F)F)n3)cc2F)C1. The van der Waals surface area contributed by atoms with Crippen LogP contribution in [0, 0.1) is 5.82 Å². The number of carbonyl (C=O) groups is 1. The van der Waals surface area contributed by atoms with Crippen molar-refractivity contribution in [2.75, 3.05) is 13.1 Å². The second-order valence-corrected chi connectivity index (χ2v) is 5.32. The van der Waals surface area contributed by atoms with Crippen LogP contribution in [0.2, 0.25) is 0 Å². The van der Waals surface area contributed by atoms with Crippen LogP contribution >= 0.6 is 0 Å². The lowest BCUT2D eigenvalue weighted by atomic mass is 10.2. The van der Waals surface area contributed by atoms with E-state index >= 15 is 0 Å². The van der Waals surface area contributed by atoms with Crippen LogP contribution in [0.4, 0.5) is 22.4 Å². The molecule has 1 amide bonds. The molecule has 2 aromatic rings. The zero-order chi connectivity index (χ0) is 18.2. The molecule has 1 aliphatic rings. The Balaban J connectivity index is 1.73. The van der Waals surface area contributed by atoms with Crippen LogP contribution < -0.4 is 4.74 Å². The van der Waals surface area contributed by atoms with Gasteiger partial charge < -0.3 is 19.3 Å². The van der Waals surface area contributed by atoms with Gasteiger partial charge in [0, 0.05) is 18.5 Å². The van der Waals surface area contributed by atoms with Gasteiger partial charge in [0.25, 0.3) is 0 Å². The van der Waals surface area contributed by atoms with Crippen LogP contribution in [0.5, 0.6) is 5.75 Å². The Morgan fingerprint density at radius 2 is 2.16 bits per heavy atom. The molecule has 1 atom stereocenters. The summed E-state index contributed by atoms with van der Waals surface area (Å²) in [4.78, 5) is 15.2. The Morgan fingerprint density at radius 3 is 2.72 bits per heavy atom. The molecule has 0 spiro atoms. The van der Waals surface area contributed by atoms with Gasteiger partial charge in [-0.25, -0.2) is 9.18 Å². The highest BCUT2D eigenvalue weighted by Gasteiger charge is 2.38. The molecule has 1 aliphatic heterocycles. The summed E-state index contributed by atoms with van der Waals surface area (Å²) < 4.78 is 60.9. The summed E-state index contributed by atoms with van der Waals surface area (Å²) >= 11 is 0. The number of benzene rings is 1. The highest BCUT2D eigenvalue weighted by molar-refractivity contribution is 5.65. The molecule has 0 saturated carbocycles. The maximum atomic E-state index is 14.1. The first-order chi connectivity index (χ1) is 11.7. The molecule has 11 heteroatoms. The molecule has 0 aliphatic carbocycles. The third kappa shape index (κ3) is 3.64. The van der Waals surface area contributed by atoms with E-state index in [0.717, 1.165) is 11.0 Å². The smallest absolute Gasteiger partial charge is 0.471 e. The Bertz CT molecular complexity index is 793. The number of halogens is 4. The maximum Gasteiger partial charge on any atom is 0.471 e. The van der Waals surface area contributed by atoms with Gasteiger partial charge in [-0.2, -0.15) is 18.2 Å². The topological polar surface area (TPSA) is 88.7 Å². The number of amides is 1. The number of aromatic nitrogens is 2. The molecule has 1 aromatic carbocycles. The molecule has 3 rings (SSSR count). The van der Waals surface area contributed by atoms with Gasteiger partial charge >= 0.3 is 18.2 Å². The van der Waals surface area contributed by atoms with Crippen molar-refractivity contribution in [1.29, 1.82) is 0 Å². The molecule has 134 valence electrons. The zero-order valence-electron chi connectivity index (χ0n) is 12.5. The molecule has 1 fully saturated rings. The third-order valence-electron chi connectivity index (χ3n) is 3.57. The summed E-state index contributed by atoms with van der Waals surface area (Å²) in [5.74, 6) is -2.90. The summed E-state index contributed by atoms with van der Waals surface area (Å²) in [6.07, 6.45) is -5.96. The van der Waals surface area contributed by atoms with Crippen LogP contribution in [0.3, 0.4) is 0 Å². The molecule has 1 N–H and O–H groups in total. The van der Waals surface area contributed by atoms with E-state index in [0.29, 0.717) is 6.42 Å². The fraction of sp³-hybridized carbons (Fsp3) is 0.357. The first-order valence-corrected chi connectivity index (χ1v) is 7.09. The van der Waals surface area contributed by atoms with E-state index in [9.17, 15) is 22.4 Å². The van der Waals surface area contributed by atoms with E-state index in [4.69, 9.17) is 9.84 Å². The standard InChI is InChI=1S/C14H11F4N3O4/c15-9-5-7(11-19-12(25-20-11)14(16,17)18)1-2-10(9)24-8-3-4-21(6-8)13(22)23/h1-2,5,8H,3-4,6H2,(H,22,23). The van der Waals surface area contributed by atoms with Crippen LogP contribution in [0.15, 0.2) is 22.7 Å². The second kappa shape index (κ2) is 6.22. The Kier molecular flexibility index (Phi) is 4.23. The molecular weight excluding hydrogens is 350 g/mol. The first-order valence-electron chi connectivity index (χ1n) is 7.09. The van der Waals surface area contributed by atoms with Crippen molar-refractivity contribution in [3.05, 3.63) is 29.9 Å². The molecule has 0 bridgehead atoms. The van der Waals surface area contributed by atoms with E-state index in [1.165, 1.54) is 12.1 Å². The molecule has 25 heavy (non-hydrogen) atoms. The van der Waals surface area contributed by atoms with Crippen LogP contribution in [0.1, 0.15) is 12.3 Å². The highest BCUT2D eigenvalue weighted by atomic mass is 19.4. The van der Waals surface area contributed by atoms with Gasteiger partial charge in [0.05, 0.1) is 6.54 Å². The van der Waals surface area contributed by atoms with Gasteiger partial charge in [0.15, 0.2) is 11.6 Å². The van der Waals surface area contributed by atoms with Gasteiger partial charge in [-0.3, -0.25) is 0 Å². The van der Waals surface area contributed by atoms with Gasteiger partial charge in [0.2, 0.25) is 5.82 Å². The Morgan fingerprint density at radius 1 is 1.40 bits per heavy atom. The molecular formula is C14H11F4N3O4. The van der Waals surface area contributed by atoms with E-state index in [-0.39, 0.29) is 24.4 Å². The number of ether oxygens (including phenoxy) is 1. The fourth-order valence-electron chi connectivity index (χ4n) is 2.37. The van der Waals surface area contributed by atoms with Gasteiger partial charge in [-0.05, 0) is 18.2 Å². The summed E-state index contributed by atoms with van der Waals surface area (Å²) in [5.41, 5.74) is -0.0114. The van der Waals surface area contributed by atoms with E-state index in [2.05, 4.69) is 14.7 Å². The van der Waals surface area contributed by atoms with Crippen LogP contribution in [0.25, 0.3) is 11.4 Å². The number of hydrogen-bond acceptors (Lipinski definition) is 5. The summed E-state index contributed by atoms with van der Waals surface area (Å²) in [6, 6.07) is 3.43. The van der Waals surface area contributed by atoms with E-state index in [1.54, 1.807) is 0 Å². The average Bonchev–Trinajstić information content (AvgIpc) is 3.18. The van der Waals surface area contributed by atoms with E-state index < -0.39 is 35.9 Å². The average molecular weight is 361 g/mol. The number of rotatable bonds is 3. The number of likely N-dealkylation sites (tertiary alicyclic amines) is 1. The molecule has 1 aromatic heterocycles. The van der Waals surface area contributed by atoms with Gasteiger partial charge in [0.1, 0.15) is 6.10 Å².